The molecule has 0 aromatic heterocycles. The normalized spacial score (nSPS) is 19.4. The zero-order chi connectivity index (χ0) is 18.8. The quantitative estimate of drug-likeness (QED) is 0.515. The Kier molecular flexibility index (Phi) is 4.89. The molecule has 0 aliphatic carbocycles. The second-order valence-corrected chi connectivity index (χ2v) is 6.77. The predicted molar refractivity (Wildman–Crippen MR) is 96.7 cm³/mol. The van der Waals surface area contributed by atoms with Crippen molar-refractivity contribution in [1.29, 1.82) is 0 Å². The summed E-state index contributed by atoms with van der Waals surface area (Å²) in [5.74, 6) is -2.02. The average molecular weight is 353 g/mol. The monoisotopic (exact) mass is 353 g/mol. The molecular formula is C21H20FNO3. The molecule has 1 fully saturated rings. The molecule has 0 saturated carbocycles. The molecule has 2 aromatic carbocycles. The third kappa shape index (κ3) is 3.25. The lowest BCUT2D eigenvalue weighted by atomic mass is 9.95. The van der Waals surface area contributed by atoms with Gasteiger partial charge in [-0.3, -0.25) is 9.59 Å². The molecular weight excluding hydrogens is 333 g/mol. The van der Waals surface area contributed by atoms with Gasteiger partial charge in [-0.25, -0.2) is 4.39 Å². The fourth-order valence-electron chi connectivity index (χ4n) is 3.24. The smallest absolute Gasteiger partial charge is 0.295 e. The van der Waals surface area contributed by atoms with E-state index < -0.39 is 23.5 Å². The Morgan fingerprint density at radius 1 is 1.12 bits per heavy atom. The fraction of sp³-hybridized carbons (Fsp3) is 0.238. The molecule has 134 valence electrons. The molecule has 0 radical (unpaired) electrons. The van der Waals surface area contributed by atoms with Gasteiger partial charge in [-0.05, 0) is 23.6 Å². The van der Waals surface area contributed by atoms with Gasteiger partial charge in [-0.2, -0.15) is 0 Å². The number of nitrogens with zero attached hydrogens (tertiary/aromatic N) is 1. The van der Waals surface area contributed by atoms with E-state index in [-0.39, 0.29) is 17.3 Å². The molecule has 1 aliphatic heterocycles. The SMILES string of the molecule is CC(C)CN1C(=O)C(=O)C(=C(O)c2ccccc2)C1c1cccc(F)c1. The molecule has 1 N–H and O–H groups in total. The lowest BCUT2D eigenvalue weighted by Crippen LogP contribution is -2.33. The number of ketones is 1. The number of benzene rings is 2. The van der Waals surface area contributed by atoms with Crippen molar-refractivity contribution < 1.29 is 19.1 Å². The van der Waals surface area contributed by atoms with Crippen molar-refractivity contribution >= 4 is 17.4 Å². The van der Waals surface area contributed by atoms with Crippen LogP contribution in [0.3, 0.4) is 0 Å². The van der Waals surface area contributed by atoms with Crippen LogP contribution in [0.4, 0.5) is 4.39 Å². The zero-order valence-corrected chi connectivity index (χ0v) is 14.6. The lowest BCUT2D eigenvalue weighted by Gasteiger charge is -2.26. The van der Waals surface area contributed by atoms with E-state index in [4.69, 9.17) is 0 Å². The summed E-state index contributed by atoms with van der Waals surface area (Å²) < 4.78 is 13.8. The number of carbonyl (C=O) groups excluding carboxylic acids is 2. The summed E-state index contributed by atoms with van der Waals surface area (Å²) in [5, 5.41) is 10.7. The van der Waals surface area contributed by atoms with E-state index in [9.17, 15) is 19.1 Å². The second kappa shape index (κ2) is 7.12. The maximum absolute atomic E-state index is 13.8. The van der Waals surface area contributed by atoms with Gasteiger partial charge >= 0.3 is 0 Å². The largest absolute Gasteiger partial charge is 0.507 e. The summed E-state index contributed by atoms with van der Waals surface area (Å²) in [7, 11) is 0. The van der Waals surface area contributed by atoms with E-state index in [0.717, 1.165) is 0 Å². The van der Waals surface area contributed by atoms with Gasteiger partial charge in [0.25, 0.3) is 11.7 Å². The van der Waals surface area contributed by atoms with Crippen LogP contribution >= 0.6 is 0 Å². The molecule has 0 spiro atoms. The molecule has 1 amide bonds. The van der Waals surface area contributed by atoms with Crippen LogP contribution < -0.4 is 0 Å². The minimum Gasteiger partial charge on any atom is -0.507 e. The Labute approximate surface area is 151 Å². The maximum atomic E-state index is 13.8. The fourth-order valence-corrected chi connectivity index (χ4v) is 3.24. The van der Waals surface area contributed by atoms with E-state index in [2.05, 4.69) is 0 Å². The van der Waals surface area contributed by atoms with Crippen molar-refractivity contribution in [2.45, 2.75) is 19.9 Å². The molecule has 1 heterocycles. The highest BCUT2D eigenvalue weighted by molar-refractivity contribution is 6.46. The van der Waals surface area contributed by atoms with E-state index in [1.165, 1.54) is 23.1 Å². The van der Waals surface area contributed by atoms with Crippen LogP contribution in [0, 0.1) is 11.7 Å². The number of aliphatic hydroxyl groups is 1. The first-order valence-corrected chi connectivity index (χ1v) is 8.49. The summed E-state index contributed by atoms with van der Waals surface area (Å²) in [5.41, 5.74) is 0.895. The molecule has 2 aromatic rings. The Balaban J connectivity index is 2.20. The van der Waals surface area contributed by atoms with Gasteiger partial charge < -0.3 is 10.0 Å². The van der Waals surface area contributed by atoms with Crippen molar-refractivity contribution in [2.75, 3.05) is 6.54 Å². The number of likely N-dealkylation sites (tertiary alicyclic amines) is 1. The van der Waals surface area contributed by atoms with Crippen LogP contribution in [-0.2, 0) is 9.59 Å². The number of rotatable bonds is 4. The van der Waals surface area contributed by atoms with Crippen LogP contribution in [0.2, 0.25) is 0 Å². The lowest BCUT2D eigenvalue weighted by molar-refractivity contribution is -0.140. The standard InChI is InChI=1S/C21H20FNO3/c1-13(2)12-23-18(15-9-6-10-16(22)11-15)17(20(25)21(23)26)19(24)14-7-4-3-5-8-14/h3-11,13,18,24H,12H2,1-2H3. The number of aliphatic hydroxyl groups excluding tert-OH is 1. The van der Waals surface area contributed by atoms with E-state index >= 15 is 0 Å². The number of amides is 1. The third-order valence-electron chi connectivity index (χ3n) is 4.31. The van der Waals surface area contributed by atoms with Crippen LogP contribution in [-0.4, -0.2) is 28.2 Å². The van der Waals surface area contributed by atoms with Gasteiger partial charge in [0, 0.05) is 12.1 Å². The van der Waals surface area contributed by atoms with E-state index in [1.807, 2.05) is 13.8 Å². The van der Waals surface area contributed by atoms with E-state index in [1.54, 1.807) is 36.4 Å². The second-order valence-electron chi connectivity index (χ2n) is 6.77. The Morgan fingerprint density at radius 3 is 2.42 bits per heavy atom. The Morgan fingerprint density at radius 2 is 1.81 bits per heavy atom. The Bertz CT molecular complexity index is 874. The first-order valence-electron chi connectivity index (χ1n) is 8.49. The average Bonchev–Trinajstić information content (AvgIpc) is 2.86. The van der Waals surface area contributed by atoms with Crippen LogP contribution in [0.1, 0.15) is 31.0 Å². The van der Waals surface area contributed by atoms with E-state index in [0.29, 0.717) is 17.7 Å². The highest BCUT2D eigenvalue weighted by atomic mass is 19.1. The van der Waals surface area contributed by atoms with Crippen LogP contribution in [0.15, 0.2) is 60.2 Å². The summed E-state index contributed by atoms with van der Waals surface area (Å²) in [6, 6.07) is 13.5. The first kappa shape index (κ1) is 17.9. The van der Waals surface area contributed by atoms with Crippen molar-refractivity contribution in [2.24, 2.45) is 5.92 Å². The summed E-state index contributed by atoms with van der Waals surface area (Å²) in [6.07, 6.45) is 0. The number of hydrogen-bond donors (Lipinski definition) is 1. The van der Waals surface area contributed by atoms with Crippen LogP contribution in [0.5, 0.6) is 0 Å². The molecule has 3 rings (SSSR count). The highest BCUT2D eigenvalue weighted by Crippen LogP contribution is 2.39. The molecule has 1 atom stereocenters. The predicted octanol–water partition coefficient (Wildman–Crippen LogP) is 3.90. The number of Topliss-reactive ketones (excluding diaryl/α,β-unsaturated/α-hetero) is 1. The molecule has 1 unspecified atom stereocenters. The molecule has 5 heteroatoms. The number of hydrogen-bond acceptors (Lipinski definition) is 3. The van der Waals surface area contributed by atoms with Crippen molar-refractivity contribution in [3.05, 3.63) is 77.1 Å². The Hall–Kier alpha value is -2.95. The highest BCUT2D eigenvalue weighted by Gasteiger charge is 2.46. The van der Waals surface area contributed by atoms with Crippen LogP contribution in [0.25, 0.3) is 5.76 Å². The van der Waals surface area contributed by atoms with Crippen molar-refractivity contribution in [3.63, 3.8) is 0 Å². The minimum atomic E-state index is -0.812. The number of halogens is 1. The third-order valence-corrected chi connectivity index (χ3v) is 4.31. The minimum absolute atomic E-state index is 0.00699. The zero-order valence-electron chi connectivity index (χ0n) is 14.6. The molecule has 26 heavy (non-hydrogen) atoms. The molecule has 4 nitrogen and oxygen atoms in total. The van der Waals surface area contributed by atoms with Gasteiger partial charge in [0.1, 0.15) is 11.6 Å². The summed E-state index contributed by atoms with van der Waals surface area (Å²) >= 11 is 0. The first-order chi connectivity index (χ1) is 12.4. The van der Waals surface area contributed by atoms with Gasteiger partial charge in [-0.1, -0.05) is 56.3 Å². The van der Waals surface area contributed by atoms with Gasteiger partial charge in [-0.15, -0.1) is 0 Å². The summed E-state index contributed by atoms with van der Waals surface area (Å²) in [4.78, 5) is 26.7. The molecule has 1 saturated heterocycles. The molecule has 1 aliphatic rings. The summed E-state index contributed by atoms with van der Waals surface area (Å²) in [6.45, 7) is 4.19. The van der Waals surface area contributed by atoms with Crippen molar-refractivity contribution in [1.82, 2.24) is 4.90 Å². The molecule has 0 bridgehead atoms. The van der Waals surface area contributed by atoms with Gasteiger partial charge in [0.05, 0.1) is 11.6 Å². The number of carbonyl (C=O) groups is 2. The maximum Gasteiger partial charge on any atom is 0.295 e. The topological polar surface area (TPSA) is 57.6 Å². The van der Waals surface area contributed by atoms with Crippen molar-refractivity contribution in [3.8, 4) is 0 Å². The van der Waals surface area contributed by atoms with Gasteiger partial charge in [0.15, 0.2) is 0 Å². The van der Waals surface area contributed by atoms with Gasteiger partial charge in [0.2, 0.25) is 0 Å².